The third-order valence-corrected chi connectivity index (χ3v) is 8.35. The van der Waals surface area contributed by atoms with Crippen LogP contribution in [0.2, 0.25) is 0 Å². The van der Waals surface area contributed by atoms with Gasteiger partial charge in [-0.05, 0) is 37.5 Å². The molecular weight excluding hydrogens is 438 g/mol. The van der Waals surface area contributed by atoms with E-state index in [1.807, 2.05) is 25.1 Å². The molecule has 0 N–H and O–H groups in total. The monoisotopic (exact) mass is 472 g/mol. The highest BCUT2D eigenvalue weighted by atomic mass is 32.2. The number of carbonyl (C=O) groups is 1. The Labute approximate surface area is 197 Å². The van der Waals surface area contributed by atoms with Crippen LogP contribution >= 0.6 is 0 Å². The maximum atomic E-state index is 14.0. The summed E-state index contributed by atoms with van der Waals surface area (Å²) in [4.78, 5) is 14.0. The topological polar surface area (TPSA) is 69.7 Å². The molecule has 4 rings (SSSR count). The fourth-order valence-corrected chi connectivity index (χ4v) is 6.39. The Kier molecular flexibility index (Phi) is 6.67. The zero-order chi connectivity index (χ0) is 23.7. The second-order valence-corrected chi connectivity index (χ2v) is 11.6. The lowest BCUT2D eigenvalue weighted by atomic mass is 9.80. The molecule has 0 unspecified atom stereocenters. The van der Waals surface area contributed by atoms with Crippen molar-refractivity contribution in [3.8, 4) is 0 Å². The predicted molar refractivity (Wildman–Crippen MR) is 126 cm³/mol. The molecule has 1 aliphatic heterocycles. The summed E-state index contributed by atoms with van der Waals surface area (Å²) in [6.07, 6.45) is 3.75. The highest BCUT2D eigenvalue weighted by molar-refractivity contribution is 7.86. The highest BCUT2D eigenvalue weighted by Gasteiger charge is 2.55. The van der Waals surface area contributed by atoms with Gasteiger partial charge in [0.15, 0.2) is 6.10 Å². The molecule has 0 spiro atoms. The summed E-state index contributed by atoms with van der Waals surface area (Å²) < 4.78 is 39.8. The Morgan fingerprint density at radius 2 is 1.61 bits per heavy atom. The minimum absolute atomic E-state index is 0.0397. The van der Waals surface area contributed by atoms with E-state index >= 15 is 0 Å². The Bertz CT molecular complexity index is 1080. The van der Waals surface area contributed by atoms with Crippen molar-refractivity contribution in [2.45, 2.75) is 55.6 Å². The second-order valence-electron chi connectivity index (χ2n) is 10.1. The van der Waals surface area contributed by atoms with Gasteiger partial charge in [0.1, 0.15) is 6.54 Å². The van der Waals surface area contributed by atoms with Crippen LogP contribution < -0.4 is 0 Å². The van der Waals surface area contributed by atoms with Gasteiger partial charge >= 0.3 is 5.97 Å². The summed E-state index contributed by atoms with van der Waals surface area (Å²) in [6.45, 7) is 3.50. The lowest BCUT2D eigenvalue weighted by Gasteiger charge is -2.37. The summed E-state index contributed by atoms with van der Waals surface area (Å²) in [5, 5.41) is 0. The number of aryl methyl sites for hydroxylation is 1. The van der Waals surface area contributed by atoms with E-state index in [0.717, 1.165) is 35.9 Å². The molecule has 1 heterocycles. The van der Waals surface area contributed by atoms with Gasteiger partial charge < -0.3 is 9.22 Å². The molecule has 0 amide bonds. The lowest BCUT2D eigenvalue weighted by molar-refractivity contribution is -0.879. The molecule has 7 heteroatoms. The number of likely N-dealkylation sites (N-methyl/N-ethyl adjacent to an activating group) is 1. The van der Waals surface area contributed by atoms with Crippen LogP contribution in [0.15, 0.2) is 59.5 Å². The summed E-state index contributed by atoms with van der Waals surface area (Å²) >= 11 is 0. The molecule has 2 fully saturated rings. The van der Waals surface area contributed by atoms with E-state index < -0.39 is 21.7 Å². The van der Waals surface area contributed by atoms with Crippen molar-refractivity contribution < 1.29 is 26.6 Å². The van der Waals surface area contributed by atoms with Crippen LogP contribution in [-0.4, -0.2) is 52.2 Å². The minimum atomic E-state index is -4.23. The molecule has 1 saturated carbocycles. The van der Waals surface area contributed by atoms with Crippen LogP contribution in [0.1, 0.15) is 43.2 Å². The van der Waals surface area contributed by atoms with Crippen molar-refractivity contribution in [3.05, 3.63) is 65.7 Å². The molecule has 6 nitrogen and oxygen atoms in total. The Hall–Kier alpha value is -2.22. The zero-order valence-corrected chi connectivity index (χ0v) is 20.5. The van der Waals surface area contributed by atoms with Gasteiger partial charge in [-0.1, -0.05) is 60.9 Å². The van der Waals surface area contributed by atoms with E-state index in [0.29, 0.717) is 24.9 Å². The molecule has 1 saturated heterocycles. The molecule has 1 aliphatic carbocycles. The van der Waals surface area contributed by atoms with Crippen molar-refractivity contribution >= 4 is 16.1 Å². The molecule has 2 aromatic rings. The van der Waals surface area contributed by atoms with Gasteiger partial charge in [0.05, 0.1) is 25.5 Å². The van der Waals surface area contributed by atoms with Crippen LogP contribution in [-0.2, 0) is 29.4 Å². The maximum absolute atomic E-state index is 14.0. The van der Waals surface area contributed by atoms with E-state index in [2.05, 4.69) is 14.1 Å². The normalized spacial score (nSPS) is 22.7. The molecule has 0 bridgehead atoms. The van der Waals surface area contributed by atoms with Crippen LogP contribution in [0, 0.1) is 12.8 Å². The maximum Gasteiger partial charge on any atom is 0.345 e. The third kappa shape index (κ3) is 5.00. The van der Waals surface area contributed by atoms with E-state index in [-0.39, 0.29) is 16.9 Å². The number of likely N-dealkylation sites (tertiary alicyclic amines) is 1. The number of hydrogen-bond acceptors (Lipinski definition) is 5. The average molecular weight is 473 g/mol. The van der Waals surface area contributed by atoms with Gasteiger partial charge in [-0.15, -0.1) is 0 Å². The largest absolute Gasteiger partial charge is 0.454 e. The molecule has 2 atom stereocenters. The first-order valence-electron chi connectivity index (χ1n) is 11.7. The lowest BCUT2D eigenvalue weighted by Crippen LogP contribution is -2.49. The van der Waals surface area contributed by atoms with E-state index in [1.54, 1.807) is 24.3 Å². The van der Waals surface area contributed by atoms with E-state index in [9.17, 15) is 13.2 Å². The van der Waals surface area contributed by atoms with E-state index in [4.69, 9.17) is 8.92 Å². The van der Waals surface area contributed by atoms with Crippen molar-refractivity contribution in [2.75, 3.05) is 27.2 Å². The van der Waals surface area contributed by atoms with Gasteiger partial charge in [0, 0.05) is 12.3 Å². The number of quaternary nitrogens is 1. The first-order chi connectivity index (χ1) is 15.6. The van der Waals surface area contributed by atoms with Crippen LogP contribution in [0.4, 0.5) is 0 Å². The summed E-state index contributed by atoms with van der Waals surface area (Å²) in [7, 11) is -0.0169. The van der Waals surface area contributed by atoms with Crippen LogP contribution in [0.5, 0.6) is 0 Å². The van der Waals surface area contributed by atoms with Gasteiger partial charge in [-0.25, -0.2) is 8.98 Å². The third-order valence-electron chi connectivity index (χ3n) is 7.01. The first kappa shape index (κ1) is 23.9. The summed E-state index contributed by atoms with van der Waals surface area (Å²) in [5.74, 6) is -0.875. The van der Waals surface area contributed by atoms with Gasteiger partial charge in [0.25, 0.3) is 10.1 Å². The number of carbonyl (C=O) groups excluding carboxylic acids is 1. The smallest absolute Gasteiger partial charge is 0.345 e. The van der Waals surface area contributed by atoms with Crippen molar-refractivity contribution in [1.29, 1.82) is 0 Å². The summed E-state index contributed by atoms with van der Waals surface area (Å²) in [5.41, 5.74) is -0.230. The van der Waals surface area contributed by atoms with Crippen molar-refractivity contribution in [3.63, 3.8) is 0 Å². The molecule has 0 aromatic heterocycles. The molecular formula is C26H34NO5S+. The standard InChI is InChI=1S/C26H34NO5S/c1-20-13-15-24(16-14-20)33(29,30)32-26(22-11-7-8-12-22,21-9-5-4-6-10-21)25(28)31-23-17-18-27(2,3)19-23/h4-6,9-10,13-16,22-23H,7-8,11-12,17-19H2,1-3H3/q+1/t23-,26+/m0/s1. The highest BCUT2D eigenvalue weighted by Crippen LogP contribution is 2.46. The molecule has 2 aromatic carbocycles. The SMILES string of the molecule is Cc1ccc(S(=O)(=O)O[C@](C(=O)O[C@H]2CC[N+](C)(C)C2)(c2ccccc2)C2CCCC2)cc1. The Morgan fingerprint density at radius 3 is 2.18 bits per heavy atom. The number of rotatable bonds is 7. The van der Waals surface area contributed by atoms with Crippen molar-refractivity contribution in [1.82, 2.24) is 0 Å². The fourth-order valence-electron chi connectivity index (χ4n) is 5.18. The average Bonchev–Trinajstić information content (AvgIpc) is 3.43. The number of nitrogens with zero attached hydrogens (tertiary/aromatic N) is 1. The number of esters is 1. The first-order valence-corrected chi connectivity index (χ1v) is 13.1. The Morgan fingerprint density at radius 1 is 0.970 bits per heavy atom. The van der Waals surface area contributed by atoms with Crippen LogP contribution in [0.3, 0.4) is 0 Å². The van der Waals surface area contributed by atoms with Crippen molar-refractivity contribution in [2.24, 2.45) is 5.92 Å². The Balaban J connectivity index is 1.78. The van der Waals surface area contributed by atoms with Crippen LogP contribution in [0.25, 0.3) is 0 Å². The molecule has 2 aliphatic rings. The van der Waals surface area contributed by atoms with Gasteiger partial charge in [-0.3, -0.25) is 0 Å². The summed E-state index contributed by atoms with van der Waals surface area (Å²) in [6, 6.07) is 15.5. The molecule has 0 radical (unpaired) electrons. The quantitative estimate of drug-likeness (QED) is 0.344. The predicted octanol–water partition coefficient (Wildman–Crippen LogP) is 4.18. The van der Waals surface area contributed by atoms with E-state index in [1.165, 1.54) is 12.1 Å². The minimum Gasteiger partial charge on any atom is -0.454 e. The fraction of sp³-hybridized carbons (Fsp3) is 0.500. The van der Waals surface area contributed by atoms with Gasteiger partial charge in [0.2, 0.25) is 5.60 Å². The molecule has 178 valence electrons. The van der Waals surface area contributed by atoms with Gasteiger partial charge in [-0.2, -0.15) is 8.42 Å². The zero-order valence-electron chi connectivity index (χ0n) is 19.7. The number of hydrogen-bond donors (Lipinski definition) is 0. The second kappa shape index (κ2) is 9.20. The number of ether oxygens (including phenoxy) is 1. The molecule has 33 heavy (non-hydrogen) atoms. The number of benzene rings is 2.